The molecule has 2 aromatic carbocycles. The zero-order valence-corrected chi connectivity index (χ0v) is 15.9. The molecule has 2 aliphatic rings. The molecule has 140 valence electrons. The van der Waals surface area contributed by atoms with Crippen LogP contribution in [0.1, 0.15) is 43.7 Å². The van der Waals surface area contributed by atoms with Gasteiger partial charge in [-0.1, -0.05) is 48.5 Å². The molecule has 0 unspecified atom stereocenters. The van der Waals surface area contributed by atoms with Crippen LogP contribution in [0.5, 0.6) is 0 Å². The highest BCUT2D eigenvalue weighted by molar-refractivity contribution is 6.02. The van der Waals surface area contributed by atoms with Crippen molar-refractivity contribution < 1.29 is 4.79 Å². The first-order valence-electron chi connectivity index (χ1n) is 9.85. The number of nitrogens with zero attached hydrogens (tertiary/aromatic N) is 1. The van der Waals surface area contributed by atoms with Crippen LogP contribution in [-0.4, -0.2) is 17.8 Å². The molecule has 0 aromatic heterocycles. The summed E-state index contributed by atoms with van der Waals surface area (Å²) in [4.78, 5) is 16.5. The Bertz CT molecular complexity index is 836. The Hall–Kier alpha value is -2.62. The van der Waals surface area contributed by atoms with E-state index in [1.807, 2.05) is 6.07 Å². The first kappa shape index (κ1) is 17.8. The van der Waals surface area contributed by atoms with E-state index in [9.17, 15) is 4.79 Å². The van der Waals surface area contributed by atoms with E-state index in [1.54, 1.807) is 6.92 Å². The number of aliphatic imine (C=N–C) groups is 1. The minimum absolute atomic E-state index is 0.0537. The molecule has 1 saturated carbocycles. The number of benzene rings is 2. The van der Waals surface area contributed by atoms with Crippen LogP contribution in [0, 0.1) is 5.41 Å². The SMILES string of the molecule is CC(=O)NC1CCC2(CC1)Cc1ccccc1NC2=NCc1ccccc1. The monoisotopic (exact) mass is 361 g/mol. The molecule has 1 heterocycles. The highest BCUT2D eigenvalue weighted by Crippen LogP contribution is 2.45. The van der Waals surface area contributed by atoms with Gasteiger partial charge in [0, 0.05) is 24.1 Å². The number of amidine groups is 1. The third kappa shape index (κ3) is 3.90. The molecule has 1 amide bonds. The average molecular weight is 361 g/mol. The molecule has 1 spiro atoms. The number of rotatable bonds is 3. The van der Waals surface area contributed by atoms with Crippen LogP contribution in [-0.2, 0) is 17.8 Å². The molecule has 4 nitrogen and oxygen atoms in total. The maximum absolute atomic E-state index is 11.4. The van der Waals surface area contributed by atoms with E-state index < -0.39 is 0 Å². The smallest absolute Gasteiger partial charge is 0.217 e. The average Bonchev–Trinajstić information content (AvgIpc) is 2.69. The van der Waals surface area contributed by atoms with Crippen molar-refractivity contribution in [1.82, 2.24) is 5.32 Å². The summed E-state index contributed by atoms with van der Waals surface area (Å²) in [5.74, 6) is 1.19. The molecule has 4 heteroatoms. The number of fused-ring (bicyclic) bond motifs is 1. The second kappa shape index (κ2) is 7.55. The van der Waals surface area contributed by atoms with Crippen molar-refractivity contribution in [3.8, 4) is 0 Å². The van der Waals surface area contributed by atoms with Crippen molar-refractivity contribution in [3.05, 3.63) is 65.7 Å². The Morgan fingerprint density at radius 2 is 1.81 bits per heavy atom. The Kier molecular flexibility index (Phi) is 4.97. The number of anilines is 1. The lowest BCUT2D eigenvalue weighted by Gasteiger charge is -2.44. The molecule has 4 rings (SSSR count). The zero-order chi connectivity index (χ0) is 18.7. The van der Waals surface area contributed by atoms with Crippen molar-refractivity contribution in [2.24, 2.45) is 10.4 Å². The summed E-state index contributed by atoms with van der Waals surface area (Å²) in [6, 6.07) is 19.3. The molecule has 1 aliphatic carbocycles. The minimum atomic E-state index is 0.0537. The van der Waals surface area contributed by atoms with Crippen molar-refractivity contribution >= 4 is 17.4 Å². The van der Waals surface area contributed by atoms with Crippen LogP contribution < -0.4 is 10.6 Å². The molecule has 1 fully saturated rings. The molecule has 0 radical (unpaired) electrons. The summed E-state index contributed by atoms with van der Waals surface area (Å²) < 4.78 is 0. The summed E-state index contributed by atoms with van der Waals surface area (Å²) in [5.41, 5.74) is 3.83. The number of nitrogens with one attached hydrogen (secondary N) is 2. The number of amides is 1. The van der Waals surface area contributed by atoms with Crippen molar-refractivity contribution in [3.63, 3.8) is 0 Å². The van der Waals surface area contributed by atoms with Gasteiger partial charge in [-0.3, -0.25) is 9.79 Å². The molecule has 27 heavy (non-hydrogen) atoms. The molecular formula is C23H27N3O. The van der Waals surface area contributed by atoms with Gasteiger partial charge in [0.05, 0.1) is 6.54 Å². The van der Waals surface area contributed by atoms with Gasteiger partial charge in [0.2, 0.25) is 5.91 Å². The third-order valence-electron chi connectivity index (χ3n) is 5.91. The van der Waals surface area contributed by atoms with Gasteiger partial charge in [-0.15, -0.1) is 0 Å². The van der Waals surface area contributed by atoms with Crippen LogP contribution in [0.4, 0.5) is 5.69 Å². The van der Waals surface area contributed by atoms with Crippen LogP contribution in [0.3, 0.4) is 0 Å². The van der Waals surface area contributed by atoms with Gasteiger partial charge in [-0.25, -0.2) is 0 Å². The van der Waals surface area contributed by atoms with Gasteiger partial charge in [-0.2, -0.15) is 0 Å². The van der Waals surface area contributed by atoms with Gasteiger partial charge in [-0.05, 0) is 49.3 Å². The molecule has 2 aromatic rings. The lowest BCUT2D eigenvalue weighted by atomic mass is 9.66. The Morgan fingerprint density at radius 3 is 2.56 bits per heavy atom. The van der Waals surface area contributed by atoms with Crippen LogP contribution >= 0.6 is 0 Å². The lowest BCUT2D eigenvalue weighted by Crippen LogP contribution is -2.48. The predicted octanol–water partition coefficient (Wildman–Crippen LogP) is 4.32. The van der Waals surface area contributed by atoms with Crippen LogP contribution in [0.15, 0.2) is 59.6 Å². The quantitative estimate of drug-likeness (QED) is 0.855. The maximum atomic E-state index is 11.4. The van der Waals surface area contributed by atoms with Gasteiger partial charge in [0.15, 0.2) is 0 Å². The van der Waals surface area contributed by atoms with E-state index in [2.05, 4.69) is 59.2 Å². The number of carbonyl (C=O) groups is 1. The van der Waals surface area contributed by atoms with Crippen LogP contribution in [0.2, 0.25) is 0 Å². The fourth-order valence-electron chi connectivity index (χ4n) is 4.48. The van der Waals surface area contributed by atoms with Gasteiger partial charge in [0.25, 0.3) is 0 Å². The Balaban J connectivity index is 1.59. The minimum Gasteiger partial charge on any atom is -0.354 e. The highest BCUT2D eigenvalue weighted by atomic mass is 16.1. The molecule has 0 bridgehead atoms. The van der Waals surface area contributed by atoms with Crippen molar-refractivity contribution in [2.45, 2.75) is 51.6 Å². The van der Waals surface area contributed by atoms with E-state index in [0.717, 1.165) is 37.9 Å². The van der Waals surface area contributed by atoms with E-state index in [1.165, 1.54) is 16.8 Å². The Labute approximate surface area is 161 Å². The second-order valence-corrected chi connectivity index (χ2v) is 7.86. The second-order valence-electron chi connectivity index (χ2n) is 7.86. The van der Waals surface area contributed by atoms with E-state index >= 15 is 0 Å². The third-order valence-corrected chi connectivity index (χ3v) is 5.91. The topological polar surface area (TPSA) is 53.5 Å². The number of para-hydroxylation sites is 1. The molecular weight excluding hydrogens is 334 g/mol. The molecule has 0 saturated heterocycles. The predicted molar refractivity (Wildman–Crippen MR) is 110 cm³/mol. The summed E-state index contributed by atoms with van der Waals surface area (Å²) in [7, 11) is 0. The summed E-state index contributed by atoms with van der Waals surface area (Å²) in [6.45, 7) is 2.30. The normalized spacial score (nSPS) is 25.7. The lowest BCUT2D eigenvalue weighted by molar-refractivity contribution is -0.120. The van der Waals surface area contributed by atoms with Crippen molar-refractivity contribution in [2.75, 3.05) is 5.32 Å². The van der Waals surface area contributed by atoms with E-state index in [4.69, 9.17) is 4.99 Å². The Morgan fingerprint density at radius 1 is 1.11 bits per heavy atom. The first-order chi connectivity index (χ1) is 13.1. The number of carbonyl (C=O) groups excluding carboxylic acids is 1. The van der Waals surface area contributed by atoms with Crippen molar-refractivity contribution in [1.29, 1.82) is 0 Å². The standard InChI is InChI=1S/C23H27N3O/c1-17(27)25-20-11-13-23(14-12-20)15-19-9-5-6-10-21(19)26-22(23)24-16-18-7-3-2-4-8-18/h2-10,20H,11-16H2,1H3,(H,24,26)(H,25,27). The first-order valence-corrected chi connectivity index (χ1v) is 9.85. The zero-order valence-electron chi connectivity index (χ0n) is 15.9. The summed E-state index contributed by atoms with van der Waals surface area (Å²) >= 11 is 0. The van der Waals surface area contributed by atoms with Crippen LogP contribution in [0.25, 0.3) is 0 Å². The van der Waals surface area contributed by atoms with E-state index in [0.29, 0.717) is 12.6 Å². The summed E-state index contributed by atoms with van der Waals surface area (Å²) in [5, 5.41) is 6.74. The molecule has 2 N–H and O–H groups in total. The van der Waals surface area contributed by atoms with E-state index in [-0.39, 0.29) is 11.3 Å². The maximum Gasteiger partial charge on any atom is 0.217 e. The molecule has 1 aliphatic heterocycles. The van der Waals surface area contributed by atoms with Gasteiger partial charge < -0.3 is 10.6 Å². The fraction of sp³-hybridized carbons (Fsp3) is 0.391. The van der Waals surface area contributed by atoms with Gasteiger partial charge >= 0.3 is 0 Å². The highest BCUT2D eigenvalue weighted by Gasteiger charge is 2.43. The van der Waals surface area contributed by atoms with Gasteiger partial charge in [0.1, 0.15) is 5.84 Å². The number of hydrogen-bond donors (Lipinski definition) is 2. The summed E-state index contributed by atoms with van der Waals surface area (Å²) in [6.07, 6.45) is 5.14. The largest absolute Gasteiger partial charge is 0.354 e. The number of hydrogen-bond acceptors (Lipinski definition) is 2. The fourth-order valence-corrected chi connectivity index (χ4v) is 4.48. The molecule has 0 atom stereocenters.